The number of hydrogen-bond acceptors (Lipinski definition) is 5. The van der Waals surface area contributed by atoms with Gasteiger partial charge in [-0.05, 0) is 25.0 Å². The van der Waals surface area contributed by atoms with Crippen molar-refractivity contribution in [1.29, 1.82) is 0 Å². The van der Waals surface area contributed by atoms with E-state index in [0.717, 1.165) is 23.4 Å². The van der Waals surface area contributed by atoms with Crippen molar-refractivity contribution in [2.45, 2.75) is 13.5 Å². The van der Waals surface area contributed by atoms with Crippen molar-refractivity contribution in [3.8, 4) is 11.3 Å². The van der Waals surface area contributed by atoms with Gasteiger partial charge in [0.2, 0.25) is 10.0 Å². The lowest BCUT2D eigenvalue weighted by atomic mass is 10.0. The molecule has 0 bridgehead atoms. The average Bonchev–Trinajstić information content (AvgIpc) is 2.98. The van der Waals surface area contributed by atoms with E-state index < -0.39 is 10.0 Å². The zero-order valence-corrected chi connectivity index (χ0v) is 13.9. The maximum Gasteiger partial charge on any atom is 0.213 e. The summed E-state index contributed by atoms with van der Waals surface area (Å²) in [6, 6.07) is 3.88. The molecular formula is C15H21N5O2S. The monoisotopic (exact) mass is 335 g/mol. The van der Waals surface area contributed by atoms with Crippen LogP contribution in [0.15, 0.2) is 30.7 Å². The van der Waals surface area contributed by atoms with Gasteiger partial charge in [0, 0.05) is 49.7 Å². The molecule has 0 radical (unpaired) electrons. The summed E-state index contributed by atoms with van der Waals surface area (Å²) in [6.07, 6.45) is 5.35. The molecule has 0 saturated carbocycles. The Bertz CT molecular complexity index is 738. The third-order valence-electron chi connectivity index (χ3n) is 4.10. The van der Waals surface area contributed by atoms with Gasteiger partial charge >= 0.3 is 0 Å². The molecule has 0 amide bonds. The lowest BCUT2D eigenvalue weighted by molar-refractivity contribution is 0.196. The molecule has 0 aliphatic carbocycles. The van der Waals surface area contributed by atoms with E-state index in [9.17, 15) is 8.42 Å². The van der Waals surface area contributed by atoms with E-state index >= 15 is 0 Å². The predicted molar refractivity (Wildman–Crippen MR) is 88.0 cm³/mol. The van der Waals surface area contributed by atoms with Crippen molar-refractivity contribution in [2.24, 2.45) is 5.92 Å². The van der Waals surface area contributed by atoms with E-state index in [-0.39, 0.29) is 5.75 Å². The van der Waals surface area contributed by atoms with Crippen LogP contribution >= 0.6 is 0 Å². The summed E-state index contributed by atoms with van der Waals surface area (Å²) in [6.45, 7) is 4.40. The highest BCUT2D eigenvalue weighted by Gasteiger charge is 2.34. The number of aromatic amines is 1. The van der Waals surface area contributed by atoms with Gasteiger partial charge < -0.3 is 5.32 Å². The first-order chi connectivity index (χ1) is 11.1. The Morgan fingerprint density at radius 1 is 1.39 bits per heavy atom. The molecule has 0 unspecified atom stereocenters. The molecule has 2 N–H and O–H groups in total. The van der Waals surface area contributed by atoms with E-state index in [1.165, 1.54) is 0 Å². The number of aromatic nitrogens is 3. The molecule has 2 aromatic rings. The van der Waals surface area contributed by atoms with Gasteiger partial charge in [0.05, 0.1) is 17.6 Å². The van der Waals surface area contributed by atoms with Gasteiger partial charge in [0.25, 0.3) is 0 Å². The normalized spacial score (nSPS) is 16.4. The number of nitrogens with one attached hydrogen (secondary N) is 2. The van der Waals surface area contributed by atoms with Crippen molar-refractivity contribution in [3.05, 3.63) is 36.3 Å². The Morgan fingerprint density at radius 3 is 2.91 bits per heavy atom. The molecule has 8 heteroatoms. The van der Waals surface area contributed by atoms with Gasteiger partial charge in [-0.3, -0.25) is 10.1 Å². The van der Waals surface area contributed by atoms with Crippen molar-refractivity contribution in [1.82, 2.24) is 24.8 Å². The van der Waals surface area contributed by atoms with E-state index in [1.807, 2.05) is 18.3 Å². The van der Waals surface area contributed by atoms with Crippen LogP contribution in [0.4, 0.5) is 0 Å². The second-order valence-electron chi connectivity index (χ2n) is 5.73. The number of H-pyrrole nitrogens is 1. The molecule has 1 aliphatic rings. The van der Waals surface area contributed by atoms with Crippen LogP contribution in [0.3, 0.4) is 0 Å². The van der Waals surface area contributed by atoms with Crippen molar-refractivity contribution in [3.63, 3.8) is 0 Å². The van der Waals surface area contributed by atoms with Crippen LogP contribution in [0.1, 0.15) is 12.5 Å². The fraction of sp³-hybridized carbons (Fsp3) is 0.467. The predicted octanol–water partition coefficient (Wildman–Crippen LogP) is 0.843. The van der Waals surface area contributed by atoms with Crippen LogP contribution in [-0.2, 0) is 16.6 Å². The van der Waals surface area contributed by atoms with Crippen LogP contribution < -0.4 is 5.32 Å². The molecule has 1 aliphatic heterocycles. The molecule has 2 aromatic heterocycles. The zero-order valence-electron chi connectivity index (χ0n) is 13.1. The van der Waals surface area contributed by atoms with Crippen LogP contribution in [-0.4, -0.2) is 53.3 Å². The SMILES string of the molecule is CCS(=O)(=O)N1CC(CNCc2cn[nH]c2-c2cccnc2)C1. The maximum atomic E-state index is 11.7. The van der Waals surface area contributed by atoms with Gasteiger partial charge in [0.1, 0.15) is 0 Å². The Hall–Kier alpha value is -1.77. The fourth-order valence-corrected chi connectivity index (χ4v) is 3.92. The summed E-state index contributed by atoms with van der Waals surface area (Å²) >= 11 is 0. The van der Waals surface area contributed by atoms with E-state index in [4.69, 9.17) is 0 Å². The summed E-state index contributed by atoms with van der Waals surface area (Å²) < 4.78 is 24.9. The minimum absolute atomic E-state index is 0.177. The number of pyridine rings is 1. The number of hydrogen-bond donors (Lipinski definition) is 2. The minimum atomic E-state index is -3.02. The van der Waals surface area contributed by atoms with Gasteiger partial charge in [-0.1, -0.05) is 0 Å². The number of rotatable bonds is 7. The molecule has 1 saturated heterocycles. The van der Waals surface area contributed by atoms with Crippen LogP contribution in [0.2, 0.25) is 0 Å². The molecule has 3 rings (SSSR count). The molecular weight excluding hydrogens is 314 g/mol. The molecule has 124 valence electrons. The fourth-order valence-electron chi connectivity index (χ4n) is 2.68. The summed E-state index contributed by atoms with van der Waals surface area (Å²) in [4.78, 5) is 4.12. The van der Waals surface area contributed by atoms with Gasteiger partial charge in [-0.25, -0.2) is 12.7 Å². The first-order valence-electron chi connectivity index (χ1n) is 7.71. The minimum Gasteiger partial charge on any atom is -0.312 e. The summed E-state index contributed by atoms with van der Waals surface area (Å²) in [5.74, 6) is 0.557. The first-order valence-corrected chi connectivity index (χ1v) is 9.32. The topological polar surface area (TPSA) is 91.0 Å². The van der Waals surface area contributed by atoms with E-state index in [1.54, 1.807) is 23.6 Å². The van der Waals surface area contributed by atoms with Crippen molar-refractivity contribution >= 4 is 10.0 Å². The highest BCUT2D eigenvalue weighted by Crippen LogP contribution is 2.21. The summed E-state index contributed by atoms with van der Waals surface area (Å²) in [7, 11) is -3.02. The van der Waals surface area contributed by atoms with Gasteiger partial charge in [-0.2, -0.15) is 5.10 Å². The number of sulfonamides is 1. The molecule has 0 atom stereocenters. The Balaban J connectivity index is 1.49. The molecule has 0 spiro atoms. The lowest BCUT2D eigenvalue weighted by Gasteiger charge is -2.38. The lowest BCUT2D eigenvalue weighted by Crippen LogP contribution is -2.53. The quantitative estimate of drug-likeness (QED) is 0.782. The number of nitrogens with zero attached hydrogens (tertiary/aromatic N) is 3. The summed E-state index contributed by atoms with van der Waals surface area (Å²) in [5, 5.41) is 10.5. The van der Waals surface area contributed by atoms with Crippen LogP contribution in [0, 0.1) is 5.92 Å². The van der Waals surface area contributed by atoms with E-state index in [0.29, 0.717) is 25.6 Å². The molecule has 23 heavy (non-hydrogen) atoms. The third kappa shape index (κ3) is 3.60. The first kappa shape index (κ1) is 16.1. The van der Waals surface area contributed by atoms with Crippen molar-refractivity contribution < 1.29 is 8.42 Å². The molecule has 1 fully saturated rings. The van der Waals surface area contributed by atoms with E-state index in [2.05, 4.69) is 20.5 Å². The molecule has 0 aromatic carbocycles. The summed E-state index contributed by atoms with van der Waals surface area (Å²) in [5.41, 5.74) is 3.05. The highest BCUT2D eigenvalue weighted by molar-refractivity contribution is 7.89. The third-order valence-corrected chi connectivity index (χ3v) is 5.91. The van der Waals surface area contributed by atoms with Gasteiger partial charge in [-0.15, -0.1) is 0 Å². The van der Waals surface area contributed by atoms with Crippen LogP contribution in [0.25, 0.3) is 11.3 Å². The van der Waals surface area contributed by atoms with Crippen molar-refractivity contribution in [2.75, 3.05) is 25.4 Å². The Kier molecular flexibility index (Phi) is 4.74. The standard InChI is InChI=1S/C15H21N5O2S/c1-2-23(21,22)20-10-12(11-20)6-17-8-14-9-18-19-15(14)13-4-3-5-16-7-13/h3-5,7,9,12,17H,2,6,8,10-11H2,1H3,(H,18,19). The smallest absolute Gasteiger partial charge is 0.213 e. The highest BCUT2D eigenvalue weighted by atomic mass is 32.2. The average molecular weight is 335 g/mol. The molecule has 3 heterocycles. The van der Waals surface area contributed by atoms with Crippen LogP contribution in [0.5, 0.6) is 0 Å². The second kappa shape index (κ2) is 6.77. The maximum absolute atomic E-state index is 11.7. The molecule has 7 nitrogen and oxygen atoms in total. The largest absolute Gasteiger partial charge is 0.312 e. The second-order valence-corrected chi connectivity index (χ2v) is 7.98. The Morgan fingerprint density at radius 2 is 2.22 bits per heavy atom. The van der Waals surface area contributed by atoms with Gasteiger partial charge in [0.15, 0.2) is 0 Å². The Labute approximate surface area is 136 Å². The zero-order chi connectivity index (χ0) is 16.3.